The third-order valence-electron chi connectivity index (χ3n) is 4.24. The quantitative estimate of drug-likeness (QED) is 0.623. The Morgan fingerprint density at radius 1 is 1.30 bits per heavy atom. The van der Waals surface area contributed by atoms with E-state index in [1.165, 1.54) is 24.3 Å². The summed E-state index contributed by atoms with van der Waals surface area (Å²) in [7, 11) is 0. The lowest BCUT2D eigenvalue weighted by atomic mass is 10.1. The summed E-state index contributed by atoms with van der Waals surface area (Å²) in [6, 6.07) is 12.3. The van der Waals surface area contributed by atoms with E-state index >= 15 is 0 Å². The fraction of sp³-hybridized carbons (Fsp3) is 0.263. The maximum absolute atomic E-state index is 12.4. The molecule has 0 saturated carbocycles. The van der Waals surface area contributed by atoms with Crippen LogP contribution in [-0.4, -0.2) is 35.9 Å². The van der Waals surface area contributed by atoms with Crippen molar-refractivity contribution in [2.75, 3.05) is 18.1 Å². The molecule has 1 atom stereocenters. The minimum Gasteiger partial charge on any atom is -0.494 e. The number of benzene rings is 2. The number of nitro benzene ring substituents is 1. The van der Waals surface area contributed by atoms with E-state index in [0.29, 0.717) is 13.2 Å². The van der Waals surface area contributed by atoms with Crippen molar-refractivity contribution in [2.45, 2.75) is 19.4 Å². The van der Waals surface area contributed by atoms with E-state index in [9.17, 15) is 19.7 Å². The smallest absolute Gasteiger partial charge is 0.270 e. The standard InChI is InChI=1S/C19H19N3O5/c1-2-27-17-8-6-15(7-9-17)21-12-14(11-18(21)23)20-19(24)13-4-3-5-16(10-13)22(25)26/h3-10,14H,2,11-12H2,1H3,(H,20,24)/t14-/m1/s1. The number of nitrogens with one attached hydrogen (secondary N) is 1. The second kappa shape index (κ2) is 7.86. The highest BCUT2D eigenvalue weighted by Crippen LogP contribution is 2.24. The summed E-state index contributed by atoms with van der Waals surface area (Å²) in [5.74, 6) is 0.192. The number of amides is 2. The van der Waals surface area contributed by atoms with Crippen molar-refractivity contribution in [2.24, 2.45) is 0 Å². The average molecular weight is 369 g/mol. The highest BCUT2D eigenvalue weighted by atomic mass is 16.6. The molecule has 3 rings (SSSR count). The van der Waals surface area contributed by atoms with Gasteiger partial charge in [-0.05, 0) is 37.3 Å². The first-order valence-corrected chi connectivity index (χ1v) is 8.56. The summed E-state index contributed by atoms with van der Waals surface area (Å²) in [6.07, 6.45) is 0.174. The fourth-order valence-corrected chi connectivity index (χ4v) is 2.97. The Morgan fingerprint density at radius 2 is 2.04 bits per heavy atom. The largest absolute Gasteiger partial charge is 0.494 e. The number of hydrogen-bond acceptors (Lipinski definition) is 5. The molecule has 0 bridgehead atoms. The third-order valence-corrected chi connectivity index (χ3v) is 4.24. The van der Waals surface area contributed by atoms with Gasteiger partial charge < -0.3 is 15.0 Å². The fourth-order valence-electron chi connectivity index (χ4n) is 2.97. The number of non-ortho nitro benzene ring substituents is 1. The second-order valence-electron chi connectivity index (χ2n) is 6.11. The van der Waals surface area contributed by atoms with Gasteiger partial charge in [-0.1, -0.05) is 6.07 Å². The van der Waals surface area contributed by atoms with Crippen LogP contribution in [0.15, 0.2) is 48.5 Å². The predicted octanol–water partition coefficient (Wildman–Crippen LogP) is 2.53. The second-order valence-corrected chi connectivity index (χ2v) is 6.11. The number of ether oxygens (including phenoxy) is 1. The number of hydrogen-bond donors (Lipinski definition) is 1. The molecule has 1 aliphatic rings. The first-order valence-electron chi connectivity index (χ1n) is 8.56. The first kappa shape index (κ1) is 18.4. The summed E-state index contributed by atoms with van der Waals surface area (Å²) >= 11 is 0. The zero-order valence-electron chi connectivity index (χ0n) is 14.8. The van der Waals surface area contributed by atoms with Gasteiger partial charge in [0.05, 0.1) is 17.6 Å². The molecule has 1 N–H and O–H groups in total. The Hall–Kier alpha value is -3.42. The molecule has 1 aliphatic heterocycles. The molecule has 0 spiro atoms. The van der Waals surface area contributed by atoms with Gasteiger partial charge in [-0.25, -0.2) is 0 Å². The number of carbonyl (C=O) groups is 2. The van der Waals surface area contributed by atoms with Crippen molar-refractivity contribution in [3.8, 4) is 5.75 Å². The molecule has 0 radical (unpaired) electrons. The van der Waals surface area contributed by atoms with Gasteiger partial charge >= 0.3 is 0 Å². The number of rotatable bonds is 6. The van der Waals surface area contributed by atoms with E-state index in [1.807, 2.05) is 6.92 Å². The third kappa shape index (κ3) is 4.22. The van der Waals surface area contributed by atoms with Crippen molar-refractivity contribution < 1.29 is 19.2 Å². The monoisotopic (exact) mass is 369 g/mol. The number of nitro groups is 1. The van der Waals surface area contributed by atoms with Gasteiger partial charge in [-0.3, -0.25) is 19.7 Å². The molecule has 8 nitrogen and oxygen atoms in total. The molecule has 1 saturated heterocycles. The van der Waals surface area contributed by atoms with Crippen LogP contribution in [0.5, 0.6) is 5.75 Å². The number of nitrogens with zero attached hydrogens (tertiary/aromatic N) is 2. The van der Waals surface area contributed by atoms with Gasteiger partial charge in [-0.15, -0.1) is 0 Å². The molecule has 2 aromatic carbocycles. The molecule has 140 valence electrons. The molecule has 27 heavy (non-hydrogen) atoms. The molecular formula is C19H19N3O5. The van der Waals surface area contributed by atoms with Gasteiger partial charge in [0.25, 0.3) is 11.6 Å². The van der Waals surface area contributed by atoms with Crippen LogP contribution in [0, 0.1) is 10.1 Å². The maximum atomic E-state index is 12.4. The Kier molecular flexibility index (Phi) is 5.35. The molecule has 8 heteroatoms. The average Bonchev–Trinajstić information content (AvgIpc) is 3.03. The summed E-state index contributed by atoms with van der Waals surface area (Å²) in [6.45, 7) is 2.80. The summed E-state index contributed by atoms with van der Waals surface area (Å²) in [4.78, 5) is 36.6. The normalized spacial score (nSPS) is 16.3. The van der Waals surface area contributed by atoms with Gasteiger partial charge in [0, 0.05) is 36.3 Å². The molecular weight excluding hydrogens is 350 g/mol. The minimum atomic E-state index is -0.552. The molecule has 2 amide bonds. The van der Waals surface area contributed by atoms with Gasteiger partial charge in [0.15, 0.2) is 0 Å². The minimum absolute atomic E-state index is 0.0940. The zero-order chi connectivity index (χ0) is 19.4. The molecule has 2 aromatic rings. The lowest BCUT2D eigenvalue weighted by Crippen LogP contribution is -2.37. The van der Waals surface area contributed by atoms with Gasteiger partial charge in [0.2, 0.25) is 5.91 Å². The SMILES string of the molecule is CCOc1ccc(N2C[C@H](NC(=O)c3cccc([N+](=O)[O-])c3)CC2=O)cc1. The van der Waals surface area contributed by atoms with E-state index in [2.05, 4.69) is 5.32 Å². The van der Waals surface area contributed by atoms with Crippen molar-refractivity contribution in [3.05, 3.63) is 64.2 Å². The van der Waals surface area contributed by atoms with Crippen molar-refractivity contribution in [3.63, 3.8) is 0 Å². The van der Waals surface area contributed by atoms with Crippen LogP contribution in [-0.2, 0) is 4.79 Å². The van der Waals surface area contributed by atoms with Crippen LogP contribution < -0.4 is 15.0 Å². The molecule has 0 unspecified atom stereocenters. The van der Waals surface area contributed by atoms with Gasteiger partial charge in [0.1, 0.15) is 5.75 Å². The van der Waals surface area contributed by atoms with E-state index in [4.69, 9.17) is 4.74 Å². The maximum Gasteiger partial charge on any atom is 0.270 e. The predicted molar refractivity (Wildman–Crippen MR) is 98.9 cm³/mol. The van der Waals surface area contributed by atoms with Gasteiger partial charge in [-0.2, -0.15) is 0 Å². The Morgan fingerprint density at radius 3 is 2.70 bits per heavy atom. The molecule has 0 aliphatic carbocycles. The summed E-state index contributed by atoms with van der Waals surface area (Å²) in [5.41, 5.74) is 0.771. The highest BCUT2D eigenvalue weighted by Gasteiger charge is 2.32. The van der Waals surface area contributed by atoms with E-state index in [1.54, 1.807) is 29.2 Å². The Balaban J connectivity index is 1.66. The van der Waals surface area contributed by atoms with E-state index in [0.717, 1.165) is 11.4 Å². The number of anilines is 1. The molecule has 1 fully saturated rings. The van der Waals surface area contributed by atoms with Crippen LogP contribution in [0.1, 0.15) is 23.7 Å². The van der Waals surface area contributed by atoms with Crippen LogP contribution in [0.3, 0.4) is 0 Å². The van der Waals surface area contributed by atoms with Crippen molar-refractivity contribution >= 4 is 23.2 Å². The lowest BCUT2D eigenvalue weighted by Gasteiger charge is -2.17. The van der Waals surface area contributed by atoms with Crippen LogP contribution in [0.2, 0.25) is 0 Å². The van der Waals surface area contributed by atoms with Crippen LogP contribution in [0.25, 0.3) is 0 Å². The summed E-state index contributed by atoms with van der Waals surface area (Å²) < 4.78 is 5.39. The highest BCUT2D eigenvalue weighted by molar-refractivity contribution is 5.99. The van der Waals surface area contributed by atoms with Crippen LogP contribution in [0.4, 0.5) is 11.4 Å². The van der Waals surface area contributed by atoms with Crippen LogP contribution >= 0.6 is 0 Å². The zero-order valence-corrected chi connectivity index (χ0v) is 14.8. The Bertz CT molecular complexity index is 866. The lowest BCUT2D eigenvalue weighted by molar-refractivity contribution is -0.384. The van der Waals surface area contributed by atoms with Crippen molar-refractivity contribution in [1.82, 2.24) is 5.32 Å². The van der Waals surface area contributed by atoms with E-state index < -0.39 is 10.8 Å². The van der Waals surface area contributed by atoms with E-state index in [-0.39, 0.29) is 29.6 Å². The Labute approximate surface area is 155 Å². The number of carbonyl (C=O) groups excluding carboxylic acids is 2. The summed E-state index contributed by atoms with van der Waals surface area (Å²) in [5, 5.41) is 13.6. The molecule has 1 heterocycles. The van der Waals surface area contributed by atoms with Crippen molar-refractivity contribution in [1.29, 1.82) is 0 Å². The first-order chi connectivity index (χ1) is 13.0. The topological polar surface area (TPSA) is 102 Å². The molecule has 0 aromatic heterocycles.